The highest BCUT2D eigenvalue weighted by Gasteiger charge is 2.21. The summed E-state index contributed by atoms with van der Waals surface area (Å²) in [6, 6.07) is 4.67. The lowest BCUT2D eigenvalue weighted by Gasteiger charge is -2.29. The summed E-state index contributed by atoms with van der Waals surface area (Å²) in [6.07, 6.45) is 6.17. The lowest BCUT2D eigenvalue weighted by Crippen LogP contribution is -2.46. The zero-order valence-electron chi connectivity index (χ0n) is 13.8. The molecule has 0 spiro atoms. The van der Waals surface area contributed by atoms with E-state index in [1.165, 1.54) is 29.8 Å². The number of halogens is 1. The van der Waals surface area contributed by atoms with Gasteiger partial charge in [-0.1, -0.05) is 6.07 Å². The van der Waals surface area contributed by atoms with E-state index in [0.29, 0.717) is 12.2 Å². The molecular formula is C17H22FN5O. The third-order valence-corrected chi connectivity index (χ3v) is 4.33. The number of nitrogens with zero attached hydrogens (tertiary/aromatic N) is 4. The zero-order chi connectivity index (χ0) is 16.9. The molecular weight excluding hydrogens is 309 g/mol. The molecule has 0 unspecified atom stereocenters. The van der Waals surface area contributed by atoms with Gasteiger partial charge in [-0.05, 0) is 43.9 Å². The number of hydrogen-bond acceptors (Lipinski definition) is 4. The van der Waals surface area contributed by atoms with Crippen LogP contribution in [0.2, 0.25) is 0 Å². The second-order valence-electron chi connectivity index (χ2n) is 6.11. The van der Waals surface area contributed by atoms with Gasteiger partial charge in [0.05, 0.1) is 6.04 Å². The summed E-state index contributed by atoms with van der Waals surface area (Å²) >= 11 is 0. The Bertz CT molecular complexity index is 682. The number of piperidine rings is 1. The van der Waals surface area contributed by atoms with Gasteiger partial charge in [0.15, 0.2) is 0 Å². The van der Waals surface area contributed by atoms with Crippen molar-refractivity contribution in [2.45, 2.75) is 38.8 Å². The number of rotatable bonds is 5. The van der Waals surface area contributed by atoms with E-state index in [9.17, 15) is 9.18 Å². The van der Waals surface area contributed by atoms with Crippen molar-refractivity contribution in [1.29, 1.82) is 0 Å². The third kappa shape index (κ3) is 3.79. The summed E-state index contributed by atoms with van der Waals surface area (Å²) in [6.45, 7) is 3.98. The van der Waals surface area contributed by atoms with Crippen molar-refractivity contribution in [1.82, 2.24) is 25.0 Å². The monoisotopic (exact) mass is 331 g/mol. The van der Waals surface area contributed by atoms with Crippen LogP contribution in [-0.4, -0.2) is 44.7 Å². The van der Waals surface area contributed by atoms with Crippen LogP contribution in [0.4, 0.5) is 4.39 Å². The molecule has 3 rings (SSSR count). The van der Waals surface area contributed by atoms with Gasteiger partial charge in [-0.15, -0.1) is 0 Å². The Morgan fingerprint density at radius 2 is 2.12 bits per heavy atom. The molecule has 1 aromatic carbocycles. The summed E-state index contributed by atoms with van der Waals surface area (Å²) in [5.41, 5.74) is 1.14. The maximum atomic E-state index is 14.2. The maximum absolute atomic E-state index is 14.2. The minimum absolute atomic E-state index is 0.120. The first-order valence-electron chi connectivity index (χ1n) is 8.31. The molecule has 1 aliphatic rings. The highest BCUT2D eigenvalue weighted by atomic mass is 19.1. The number of aromatic nitrogens is 3. The molecule has 6 nitrogen and oxygen atoms in total. The topological polar surface area (TPSA) is 63.1 Å². The normalized spacial score (nSPS) is 16.2. The zero-order valence-corrected chi connectivity index (χ0v) is 13.8. The highest BCUT2D eigenvalue weighted by Crippen LogP contribution is 2.14. The molecule has 1 N–H and O–H groups in total. The molecule has 24 heavy (non-hydrogen) atoms. The molecule has 2 heterocycles. The summed E-state index contributed by atoms with van der Waals surface area (Å²) in [4.78, 5) is 18.1. The fourth-order valence-corrected chi connectivity index (χ4v) is 2.93. The van der Waals surface area contributed by atoms with Crippen molar-refractivity contribution in [3.05, 3.63) is 42.2 Å². The summed E-state index contributed by atoms with van der Waals surface area (Å²) < 4.78 is 15.6. The SMILES string of the molecule is C[C@H](NCc1ccc(-n2cncn2)c(F)c1)C(=O)N1CCCCC1. The molecule has 1 atom stereocenters. The van der Waals surface area contributed by atoms with E-state index in [2.05, 4.69) is 15.4 Å². The molecule has 1 aromatic heterocycles. The van der Waals surface area contributed by atoms with Gasteiger partial charge in [-0.2, -0.15) is 5.10 Å². The molecule has 1 saturated heterocycles. The van der Waals surface area contributed by atoms with Crippen LogP contribution in [0.5, 0.6) is 0 Å². The molecule has 0 aliphatic carbocycles. The predicted octanol–water partition coefficient (Wildman–Crippen LogP) is 1.90. The molecule has 7 heteroatoms. The van der Waals surface area contributed by atoms with E-state index in [1.807, 2.05) is 17.9 Å². The molecule has 2 aromatic rings. The lowest BCUT2D eigenvalue weighted by atomic mass is 10.1. The van der Waals surface area contributed by atoms with Gasteiger partial charge >= 0.3 is 0 Å². The number of carbonyl (C=O) groups excluding carboxylic acids is 1. The van der Waals surface area contributed by atoms with Crippen LogP contribution in [0.1, 0.15) is 31.7 Å². The number of carbonyl (C=O) groups is 1. The maximum Gasteiger partial charge on any atom is 0.239 e. The van der Waals surface area contributed by atoms with Gasteiger partial charge in [-0.25, -0.2) is 14.1 Å². The fraction of sp³-hybridized carbons (Fsp3) is 0.471. The lowest BCUT2D eigenvalue weighted by molar-refractivity contribution is -0.133. The number of nitrogens with one attached hydrogen (secondary N) is 1. The highest BCUT2D eigenvalue weighted by molar-refractivity contribution is 5.81. The van der Waals surface area contributed by atoms with Crippen LogP contribution in [0.15, 0.2) is 30.9 Å². The van der Waals surface area contributed by atoms with Crippen LogP contribution >= 0.6 is 0 Å². The van der Waals surface area contributed by atoms with E-state index in [0.717, 1.165) is 31.5 Å². The Balaban J connectivity index is 1.58. The van der Waals surface area contributed by atoms with Crippen LogP contribution in [0, 0.1) is 5.82 Å². The van der Waals surface area contributed by atoms with Crippen LogP contribution in [0.3, 0.4) is 0 Å². The Morgan fingerprint density at radius 3 is 2.79 bits per heavy atom. The summed E-state index contributed by atoms with van der Waals surface area (Å²) in [5, 5.41) is 7.11. The third-order valence-electron chi connectivity index (χ3n) is 4.33. The van der Waals surface area contributed by atoms with E-state index in [4.69, 9.17) is 0 Å². The first-order chi connectivity index (χ1) is 11.6. The molecule has 1 aliphatic heterocycles. The fourth-order valence-electron chi connectivity index (χ4n) is 2.93. The predicted molar refractivity (Wildman–Crippen MR) is 88.0 cm³/mol. The van der Waals surface area contributed by atoms with E-state index in [1.54, 1.807) is 6.07 Å². The second kappa shape index (κ2) is 7.53. The van der Waals surface area contributed by atoms with E-state index in [-0.39, 0.29) is 17.8 Å². The van der Waals surface area contributed by atoms with E-state index >= 15 is 0 Å². The van der Waals surface area contributed by atoms with Crippen molar-refractivity contribution in [2.75, 3.05) is 13.1 Å². The van der Waals surface area contributed by atoms with Gasteiger partial charge in [0.2, 0.25) is 5.91 Å². The first kappa shape index (κ1) is 16.6. The van der Waals surface area contributed by atoms with Crippen molar-refractivity contribution in [2.24, 2.45) is 0 Å². The Morgan fingerprint density at radius 1 is 1.33 bits per heavy atom. The molecule has 128 valence electrons. The average molecular weight is 331 g/mol. The van der Waals surface area contributed by atoms with Crippen molar-refractivity contribution in [3.63, 3.8) is 0 Å². The van der Waals surface area contributed by atoms with Gasteiger partial charge < -0.3 is 10.2 Å². The average Bonchev–Trinajstić information content (AvgIpc) is 3.14. The van der Waals surface area contributed by atoms with Gasteiger partial charge in [0, 0.05) is 19.6 Å². The molecule has 1 amide bonds. The Hall–Kier alpha value is -2.28. The number of benzene rings is 1. The standard InChI is InChI=1S/C17H22FN5O/c1-13(17(24)22-7-3-2-4-8-22)20-10-14-5-6-16(15(18)9-14)23-12-19-11-21-23/h5-6,9,11-13,20H,2-4,7-8,10H2,1H3/t13-/m0/s1. The molecule has 0 radical (unpaired) electrons. The summed E-state index contributed by atoms with van der Waals surface area (Å²) in [5.74, 6) is -0.246. The number of amides is 1. The Labute approximate surface area is 140 Å². The van der Waals surface area contributed by atoms with Crippen LogP contribution in [0.25, 0.3) is 5.69 Å². The minimum atomic E-state index is -0.366. The summed E-state index contributed by atoms with van der Waals surface area (Å²) in [7, 11) is 0. The van der Waals surface area contributed by atoms with Crippen molar-refractivity contribution < 1.29 is 9.18 Å². The van der Waals surface area contributed by atoms with Gasteiger partial charge in [-0.3, -0.25) is 4.79 Å². The Kier molecular flexibility index (Phi) is 5.20. The van der Waals surface area contributed by atoms with E-state index < -0.39 is 0 Å². The molecule has 0 saturated carbocycles. The van der Waals surface area contributed by atoms with Crippen molar-refractivity contribution >= 4 is 5.91 Å². The molecule has 0 bridgehead atoms. The quantitative estimate of drug-likeness (QED) is 0.909. The largest absolute Gasteiger partial charge is 0.341 e. The van der Waals surface area contributed by atoms with Crippen LogP contribution in [-0.2, 0) is 11.3 Å². The second-order valence-corrected chi connectivity index (χ2v) is 6.11. The smallest absolute Gasteiger partial charge is 0.239 e. The minimum Gasteiger partial charge on any atom is -0.341 e. The number of hydrogen-bond donors (Lipinski definition) is 1. The first-order valence-corrected chi connectivity index (χ1v) is 8.31. The van der Waals surface area contributed by atoms with Crippen molar-refractivity contribution in [3.8, 4) is 5.69 Å². The van der Waals surface area contributed by atoms with Gasteiger partial charge in [0.1, 0.15) is 24.2 Å². The van der Waals surface area contributed by atoms with Crippen LogP contribution < -0.4 is 5.32 Å². The number of likely N-dealkylation sites (tertiary alicyclic amines) is 1. The molecule has 1 fully saturated rings. The van der Waals surface area contributed by atoms with Gasteiger partial charge in [0.25, 0.3) is 0 Å².